The topological polar surface area (TPSA) is 49.4 Å². The highest BCUT2D eigenvalue weighted by Gasteiger charge is 2.32. The first-order chi connectivity index (χ1) is 5.52. The Balaban J connectivity index is 2.73. The number of carbonyl (C=O) groups excluding carboxylic acids is 2. The van der Waals surface area contributed by atoms with Gasteiger partial charge in [-0.3, -0.25) is 9.59 Å². The van der Waals surface area contributed by atoms with Crippen LogP contribution < -0.4 is 5.32 Å². The predicted octanol–water partition coefficient (Wildman–Crippen LogP) is -0.401. The molecule has 1 saturated heterocycles. The van der Waals surface area contributed by atoms with Crippen LogP contribution in [-0.2, 0) is 9.59 Å². The molecule has 1 aliphatic heterocycles. The van der Waals surface area contributed by atoms with Gasteiger partial charge in [0.15, 0.2) is 0 Å². The molecule has 1 unspecified atom stereocenters. The second-order valence-corrected chi connectivity index (χ2v) is 3.48. The number of nitrogens with one attached hydrogen (secondary N) is 1. The Labute approximate surface area is 71.9 Å². The van der Waals surface area contributed by atoms with Crippen LogP contribution in [0.15, 0.2) is 0 Å². The Kier molecular flexibility index (Phi) is 2.35. The highest BCUT2D eigenvalue weighted by atomic mass is 16.2. The number of rotatable bonds is 1. The fourth-order valence-electron chi connectivity index (χ4n) is 1.26. The van der Waals surface area contributed by atoms with Gasteiger partial charge in [-0.2, -0.15) is 0 Å². The number of nitrogens with zero attached hydrogens (tertiary/aromatic N) is 1. The van der Waals surface area contributed by atoms with E-state index in [-0.39, 0.29) is 30.3 Å². The van der Waals surface area contributed by atoms with Gasteiger partial charge in [0, 0.05) is 7.05 Å². The van der Waals surface area contributed by atoms with Crippen molar-refractivity contribution < 1.29 is 9.59 Å². The molecule has 2 amide bonds. The van der Waals surface area contributed by atoms with E-state index in [1.165, 1.54) is 4.90 Å². The fourth-order valence-corrected chi connectivity index (χ4v) is 1.26. The monoisotopic (exact) mass is 170 g/mol. The largest absolute Gasteiger partial charge is 0.343 e. The van der Waals surface area contributed by atoms with Crippen molar-refractivity contribution in [3.8, 4) is 0 Å². The van der Waals surface area contributed by atoms with E-state index < -0.39 is 0 Å². The third-order valence-corrected chi connectivity index (χ3v) is 2.01. The molecule has 1 fully saturated rings. The number of likely N-dealkylation sites (N-methyl/N-ethyl adjacent to an activating group) is 1. The van der Waals surface area contributed by atoms with Crippen molar-refractivity contribution in [3.63, 3.8) is 0 Å². The van der Waals surface area contributed by atoms with Crippen molar-refractivity contribution in [2.24, 2.45) is 5.92 Å². The number of hydrogen-bond acceptors (Lipinski definition) is 2. The second-order valence-electron chi connectivity index (χ2n) is 3.48. The van der Waals surface area contributed by atoms with Crippen LogP contribution >= 0.6 is 0 Å². The van der Waals surface area contributed by atoms with E-state index in [4.69, 9.17) is 0 Å². The van der Waals surface area contributed by atoms with E-state index >= 15 is 0 Å². The lowest BCUT2D eigenvalue weighted by atomic mass is 10.0. The van der Waals surface area contributed by atoms with Crippen molar-refractivity contribution in [2.75, 3.05) is 13.6 Å². The molecule has 0 spiro atoms. The summed E-state index contributed by atoms with van der Waals surface area (Å²) in [5.41, 5.74) is 0. The van der Waals surface area contributed by atoms with Crippen LogP contribution in [-0.4, -0.2) is 36.3 Å². The van der Waals surface area contributed by atoms with Crippen molar-refractivity contribution in [1.82, 2.24) is 10.2 Å². The smallest absolute Gasteiger partial charge is 0.245 e. The fraction of sp³-hybridized carbons (Fsp3) is 0.750. The van der Waals surface area contributed by atoms with Gasteiger partial charge in [0.2, 0.25) is 11.8 Å². The maximum absolute atomic E-state index is 11.4. The lowest BCUT2D eigenvalue weighted by Gasteiger charge is -2.31. The zero-order chi connectivity index (χ0) is 9.30. The second kappa shape index (κ2) is 3.13. The van der Waals surface area contributed by atoms with Gasteiger partial charge >= 0.3 is 0 Å². The van der Waals surface area contributed by atoms with Gasteiger partial charge in [0.1, 0.15) is 6.04 Å². The van der Waals surface area contributed by atoms with Gasteiger partial charge < -0.3 is 10.2 Å². The van der Waals surface area contributed by atoms with Crippen molar-refractivity contribution >= 4 is 11.8 Å². The Morgan fingerprint density at radius 1 is 1.50 bits per heavy atom. The van der Waals surface area contributed by atoms with Crippen LogP contribution in [0.4, 0.5) is 0 Å². The van der Waals surface area contributed by atoms with E-state index in [0.717, 1.165) is 0 Å². The first kappa shape index (κ1) is 9.03. The summed E-state index contributed by atoms with van der Waals surface area (Å²) in [6, 6.07) is -0.337. The molecule has 0 aromatic carbocycles. The summed E-state index contributed by atoms with van der Waals surface area (Å²) in [5.74, 6) is 0.0876. The molecular formula is C8H14N2O2. The molecule has 0 radical (unpaired) electrons. The van der Waals surface area contributed by atoms with Crippen molar-refractivity contribution in [3.05, 3.63) is 0 Å². The average Bonchev–Trinajstić information content (AvgIpc) is 1.96. The molecule has 0 bridgehead atoms. The zero-order valence-corrected chi connectivity index (χ0v) is 7.63. The molecule has 0 saturated carbocycles. The third kappa shape index (κ3) is 1.57. The van der Waals surface area contributed by atoms with Crippen LogP contribution in [0.5, 0.6) is 0 Å². The van der Waals surface area contributed by atoms with Crippen molar-refractivity contribution in [1.29, 1.82) is 0 Å². The first-order valence-electron chi connectivity index (χ1n) is 4.06. The quantitative estimate of drug-likeness (QED) is 0.582. The number of amides is 2. The van der Waals surface area contributed by atoms with E-state index in [2.05, 4.69) is 5.32 Å². The summed E-state index contributed by atoms with van der Waals surface area (Å²) in [6.07, 6.45) is 0. The maximum atomic E-state index is 11.4. The minimum Gasteiger partial charge on any atom is -0.343 e. The molecule has 12 heavy (non-hydrogen) atoms. The number of piperazine rings is 1. The van der Waals surface area contributed by atoms with E-state index in [1.807, 2.05) is 13.8 Å². The molecule has 1 N–H and O–H groups in total. The Morgan fingerprint density at radius 3 is 2.58 bits per heavy atom. The van der Waals surface area contributed by atoms with E-state index in [9.17, 15) is 9.59 Å². The summed E-state index contributed by atoms with van der Waals surface area (Å²) in [5, 5.41) is 2.67. The van der Waals surface area contributed by atoms with E-state index in [1.54, 1.807) is 7.05 Å². The minimum absolute atomic E-state index is 0.00426. The molecule has 4 nitrogen and oxygen atoms in total. The normalized spacial score (nSPS) is 24.7. The lowest BCUT2D eigenvalue weighted by molar-refractivity contribution is -0.144. The molecule has 1 aliphatic rings. The summed E-state index contributed by atoms with van der Waals surface area (Å²) in [4.78, 5) is 23.9. The molecule has 0 aliphatic carbocycles. The Hall–Kier alpha value is -1.06. The SMILES string of the molecule is CC(C)C1NC(=O)CN(C)C1=O. The molecule has 4 heteroatoms. The highest BCUT2D eigenvalue weighted by Crippen LogP contribution is 2.08. The summed E-state index contributed by atoms with van der Waals surface area (Å²) in [6.45, 7) is 4.02. The molecule has 1 atom stereocenters. The summed E-state index contributed by atoms with van der Waals surface area (Å²) < 4.78 is 0. The van der Waals surface area contributed by atoms with Crippen LogP contribution in [0.3, 0.4) is 0 Å². The Bertz CT molecular complexity index is 213. The number of carbonyl (C=O) groups is 2. The highest BCUT2D eigenvalue weighted by molar-refractivity contribution is 5.94. The van der Waals surface area contributed by atoms with Gasteiger partial charge in [-0.1, -0.05) is 13.8 Å². The van der Waals surface area contributed by atoms with Gasteiger partial charge in [-0.15, -0.1) is 0 Å². The molecular weight excluding hydrogens is 156 g/mol. The number of hydrogen-bond donors (Lipinski definition) is 1. The zero-order valence-electron chi connectivity index (χ0n) is 7.63. The van der Waals surface area contributed by atoms with Crippen molar-refractivity contribution in [2.45, 2.75) is 19.9 Å². The van der Waals surface area contributed by atoms with Gasteiger partial charge in [0.25, 0.3) is 0 Å². The molecule has 68 valence electrons. The maximum Gasteiger partial charge on any atom is 0.245 e. The first-order valence-corrected chi connectivity index (χ1v) is 4.06. The van der Waals surface area contributed by atoms with Gasteiger partial charge in [-0.05, 0) is 5.92 Å². The van der Waals surface area contributed by atoms with Gasteiger partial charge in [0.05, 0.1) is 6.54 Å². The minimum atomic E-state index is -0.337. The van der Waals surface area contributed by atoms with Crippen LogP contribution in [0, 0.1) is 5.92 Å². The molecule has 1 heterocycles. The summed E-state index contributed by atoms with van der Waals surface area (Å²) in [7, 11) is 1.65. The van der Waals surface area contributed by atoms with Gasteiger partial charge in [-0.25, -0.2) is 0 Å². The van der Waals surface area contributed by atoms with Crippen LogP contribution in [0.1, 0.15) is 13.8 Å². The third-order valence-electron chi connectivity index (χ3n) is 2.01. The molecule has 0 aromatic rings. The van der Waals surface area contributed by atoms with Crippen LogP contribution in [0.25, 0.3) is 0 Å². The molecule has 1 rings (SSSR count). The lowest BCUT2D eigenvalue weighted by Crippen LogP contribution is -2.58. The van der Waals surface area contributed by atoms with E-state index in [0.29, 0.717) is 0 Å². The van der Waals surface area contributed by atoms with Crippen LogP contribution in [0.2, 0.25) is 0 Å². The standard InChI is InChI=1S/C8H14N2O2/c1-5(2)7-8(12)10(3)4-6(11)9-7/h5,7H,4H2,1-3H3,(H,9,11). The molecule has 0 aromatic heterocycles. The Morgan fingerprint density at radius 2 is 2.08 bits per heavy atom. The predicted molar refractivity (Wildman–Crippen MR) is 44.4 cm³/mol. The average molecular weight is 170 g/mol. The summed E-state index contributed by atoms with van der Waals surface area (Å²) >= 11 is 0.